The van der Waals surface area contributed by atoms with Crippen molar-refractivity contribution in [3.8, 4) is 0 Å². The first kappa shape index (κ1) is 20.5. The molecular weight excluding hydrogens is 375 g/mol. The van der Waals surface area contributed by atoms with Gasteiger partial charge in [-0.3, -0.25) is 9.59 Å². The number of carboxylic acids is 1. The molecule has 0 radical (unpaired) electrons. The highest BCUT2D eigenvalue weighted by molar-refractivity contribution is 5.94. The third-order valence-electron chi connectivity index (χ3n) is 5.15. The van der Waals surface area contributed by atoms with E-state index in [-0.39, 0.29) is 35.7 Å². The molecule has 1 aliphatic rings. The molecule has 29 heavy (non-hydrogen) atoms. The largest absolute Gasteiger partial charge is 0.478 e. The van der Waals surface area contributed by atoms with Gasteiger partial charge in [0.05, 0.1) is 5.56 Å². The van der Waals surface area contributed by atoms with E-state index >= 15 is 0 Å². The molecule has 0 atom stereocenters. The first-order valence-corrected chi connectivity index (χ1v) is 9.59. The van der Waals surface area contributed by atoms with Crippen molar-refractivity contribution < 1.29 is 23.9 Å². The van der Waals surface area contributed by atoms with E-state index in [1.54, 1.807) is 23.1 Å². The van der Waals surface area contributed by atoms with Crippen LogP contribution in [0, 0.1) is 5.82 Å². The van der Waals surface area contributed by atoms with Crippen molar-refractivity contribution in [3.63, 3.8) is 0 Å². The van der Waals surface area contributed by atoms with Crippen molar-refractivity contribution in [2.45, 2.75) is 31.7 Å². The SMILES string of the molecule is O=C(NC1CCN(C(=O)CCc2ccccc2C(=O)O)CC1)c1ccc(F)cc1. The van der Waals surface area contributed by atoms with Crippen LogP contribution in [0.25, 0.3) is 0 Å². The van der Waals surface area contributed by atoms with E-state index in [2.05, 4.69) is 5.32 Å². The van der Waals surface area contributed by atoms with Crippen LogP contribution in [-0.4, -0.2) is 46.9 Å². The van der Waals surface area contributed by atoms with Crippen molar-refractivity contribution >= 4 is 17.8 Å². The number of hydrogen-bond acceptors (Lipinski definition) is 3. The molecule has 2 amide bonds. The van der Waals surface area contributed by atoms with Crippen LogP contribution in [0.1, 0.15) is 45.5 Å². The molecule has 1 aliphatic heterocycles. The maximum absolute atomic E-state index is 13.0. The lowest BCUT2D eigenvalue weighted by Crippen LogP contribution is -2.46. The van der Waals surface area contributed by atoms with E-state index in [0.717, 1.165) is 0 Å². The zero-order chi connectivity index (χ0) is 20.8. The molecule has 152 valence electrons. The summed E-state index contributed by atoms with van der Waals surface area (Å²) in [5.74, 6) is -1.65. The quantitative estimate of drug-likeness (QED) is 0.783. The predicted molar refractivity (Wildman–Crippen MR) is 105 cm³/mol. The maximum Gasteiger partial charge on any atom is 0.335 e. The zero-order valence-electron chi connectivity index (χ0n) is 15.9. The van der Waals surface area contributed by atoms with Gasteiger partial charge in [0.15, 0.2) is 0 Å². The van der Waals surface area contributed by atoms with Crippen LogP contribution in [0.15, 0.2) is 48.5 Å². The summed E-state index contributed by atoms with van der Waals surface area (Å²) in [5.41, 5.74) is 1.28. The number of benzene rings is 2. The molecule has 1 saturated heterocycles. The lowest BCUT2D eigenvalue weighted by molar-refractivity contribution is -0.132. The van der Waals surface area contributed by atoms with Crippen molar-refractivity contribution in [1.29, 1.82) is 0 Å². The van der Waals surface area contributed by atoms with Crippen molar-refractivity contribution in [2.24, 2.45) is 0 Å². The second-order valence-electron chi connectivity index (χ2n) is 7.10. The lowest BCUT2D eigenvalue weighted by Gasteiger charge is -2.32. The molecular formula is C22H23FN2O4. The Kier molecular flexibility index (Phi) is 6.59. The summed E-state index contributed by atoms with van der Waals surface area (Å²) in [5, 5.41) is 12.2. The van der Waals surface area contributed by atoms with Crippen LogP contribution < -0.4 is 5.32 Å². The fraction of sp³-hybridized carbons (Fsp3) is 0.318. The number of likely N-dealkylation sites (tertiary alicyclic amines) is 1. The van der Waals surface area contributed by atoms with Crippen molar-refractivity contribution in [1.82, 2.24) is 10.2 Å². The number of piperidine rings is 1. The molecule has 0 aromatic heterocycles. The minimum atomic E-state index is -0.995. The van der Waals surface area contributed by atoms with E-state index < -0.39 is 5.97 Å². The number of carbonyl (C=O) groups is 3. The standard InChI is InChI=1S/C22H23FN2O4/c23-17-8-5-16(6-9-17)21(27)24-18-11-13-25(14-12-18)20(26)10-7-15-3-1-2-4-19(15)22(28)29/h1-6,8-9,18H,7,10-14H2,(H,24,27)(H,28,29). The van der Waals surface area contributed by atoms with E-state index in [9.17, 15) is 23.9 Å². The van der Waals surface area contributed by atoms with Gasteiger partial charge in [-0.2, -0.15) is 0 Å². The maximum atomic E-state index is 13.0. The van der Waals surface area contributed by atoms with Gasteiger partial charge in [0, 0.05) is 31.1 Å². The third kappa shape index (κ3) is 5.40. The van der Waals surface area contributed by atoms with Crippen LogP contribution in [0.3, 0.4) is 0 Å². The van der Waals surface area contributed by atoms with Gasteiger partial charge in [0.1, 0.15) is 5.82 Å². The average molecular weight is 398 g/mol. The van der Waals surface area contributed by atoms with Gasteiger partial charge in [-0.25, -0.2) is 9.18 Å². The molecule has 0 saturated carbocycles. The highest BCUT2D eigenvalue weighted by Gasteiger charge is 2.24. The molecule has 0 aliphatic carbocycles. The van der Waals surface area contributed by atoms with Gasteiger partial charge in [-0.15, -0.1) is 0 Å². The fourth-order valence-corrected chi connectivity index (χ4v) is 3.49. The summed E-state index contributed by atoms with van der Waals surface area (Å²) < 4.78 is 13.0. The highest BCUT2D eigenvalue weighted by atomic mass is 19.1. The Morgan fingerprint density at radius 3 is 2.34 bits per heavy atom. The molecule has 0 unspecified atom stereocenters. The molecule has 2 aromatic rings. The molecule has 7 heteroatoms. The van der Waals surface area contributed by atoms with Crippen LogP contribution in [0.5, 0.6) is 0 Å². The normalized spacial score (nSPS) is 14.4. The van der Waals surface area contributed by atoms with Gasteiger partial charge < -0.3 is 15.3 Å². The molecule has 3 rings (SSSR count). The first-order chi connectivity index (χ1) is 13.9. The Balaban J connectivity index is 1.46. The predicted octanol–water partition coefficient (Wildman–Crippen LogP) is 2.88. The molecule has 1 fully saturated rings. The summed E-state index contributed by atoms with van der Waals surface area (Å²) in [7, 11) is 0. The molecule has 0 spiro atoms. The van der Waals surface area contributed by atoms with Crippen LogP contribution in [-0.2, 0) is 11.2 Å². The van der Waals surface area contributed by atoms with Gasteiger partial charge in [-0.05, 0) is 55.2 Å². The number of rotatable bonds is 6. The van der Waals surface area contributed by atoms with E-state index in [1.165, 1.54) is 30.3 Å². The second kappa shape index (κ2) is 9.32. The number of halogens is 1. The monoisotopic (exact) mass is 398 g/mol. The Morgan fingerprint density at radius 2 is 1.69 bits per heavy atom. The summed E-state index contributed by atoms with van der Waals surface area (Å²) in [6.07, 6.45) is 1.91. The first-order valence-electron chi connectivity index (χ1n) is 9.59. The fourth-order valence-electron chi connectivity index (χ4n) is 3.49. The second-order valence-corrected chi connectivity index (χ2v) is 7.10. The Labute approximate surface area is 168 Å². The van der Waals surface area contributed by atoms with Crippen molar-refractivity contribution in [3.05, 3.63) is 71.0 Å². The summed E-state index contributed by atoms with van der Waals surface area (Å²) in [6, 6.07) is 12.0. The van der Waals surface area contributed by atoms with Crippen molar-refractivity contribution in [2.75, 3.05) is 13.1 Å². The molecule has 1 heterocycles. The number of aromatic carboxylic acids is 1. The molecule has 0 bridgehead atoms. The minimum absolute atomic E-state index is 0.0199. The van der Waals surface area contributed by atoms with Gasteiger partial charge in [0.25, 0.3) is 5.91 Å². The number of nitrogens with one attached hydrogen (secondary N) is 1. The van der Waals surface area contributed by atoms with Gasteiger partial charge in [0.2, 0.25) is 5.91 Å². The number of carboxylic acid groups (broad SMARTS) is 1. The molecule has 2 N–H and O–H groups in total. The van der Waals surface area contributed by atoms with Crippen LogP contribution >= 0.6 is 0 Å². The Morgan fingerprint density at radius 1 is 1.03 bits per heavy atom. The van der Waals surface area contributed by atoms with Crippen LogP contribution in [0.2, 0.25) is 0 Å². The van der Waals surface area contributed by atoms with E-state index in [4.69, 9.17) is 0 Å². The van der Waals surface area contributed by atoms with Crippen LogP contribution in [0.4, 0.5) is 4.39 Å². The van der Waals surface area contributed by atoms with E-state index in [0.29, 0.717) is 43.5 Å². The minimum Gasteiger partial charge on any atom is -0.478 e. The number of amides is 2. The van der Waals surface area contributed by atoms with Gasteiger partial charge in [-0.1, -0.05) is 18.2 Å². The zero-order valence-corrected chi connectivity index (χ0v) is 15.9. The number of nitrogens with zero attached hydrogens (tertiary/aromatic N) is 1. The topological polar surface area (TPSA) is 86.7 Å². The Hall–Kier alpha value is -3.22. The average Bonchev–Trinajstić information content (AvgIpc) is 2.73. The number of aryl methyl sites for hydroxylation is 1. The summed E-state index contributed by atoms with van der Waals surface area (Å²) in [4.78, 5) is 37.7. The highest BCUT2D eigenvalue weighted by Crippen LogP contribution is 2.16. The number of carbonyl (C=O) groups excluding carboxylic acids is 2. The third-order valence-corrected chi connectivity index (χ3v) is 5.15. The Bertz CT molecular complexity index is 890. The van der Waals surface area contributed by atoms with Gasteiger partial charge >= 0.3 is 5.97 Å². The van der Waals surface area contributed by atoms with E-state index in [1.807, 2.05) is 0 Å². The summed E-state index contributed by atoms with van der Waals surface area (Å²) in [6.45, 7) is 1.07. The smallest absolute Gasteiger partial charge is 0.335 e. The molecule has 6 nitrogen and oxygen atoms in total. The molecule has 2 aromatic carbocycles. The summed E-state index contributed by atoms with van der Waals surface area (Å²) >= 11 is 0. The number of hydrogen-bond donors (Lipinski definition) is 2. The lowest BCUT2D eigenvalue weighted by atomic mass is 10.0.